The molecule has 0 amide bonds. The molecule has 0 unspecified atom stereocenters. The number of imidazole rings is 1. The first-order valence-corrected chi connectivity index (χ1v) is 10.0. The van der Waals surface area contributed by atoms with E-state index in [1.54, 1.807) is 0 Å². The average molecular weight is 387 g/mol. The topological polar surface area (TPSA) is 44.3 Å². The Labute approximate surface area is 168 Å². The molecule has 0 bridgehead atoms. The molecular weight excluding hydrogens is 368 g/mol. The predicted molar refractivity (Wildman–Crippen MR) is 114 cm³/mol. The number of aromatic nitrogens is 2. The molecular formula is C23H19ClN4. The fourth-order valence-corrected chi connectivity index (χ4v) is 4.59. The highest BCUT2D eigenvalue weighted by molar-refractivity contribution is 6.18. The van der Waals surface area contributed by atoms with Crippen molar-refractivity contribution in [3.8, 4) is 6.07 Å². The molecule has 3 heterocycles. The smallest absolute Gasteiger partial charge is 0.157 e. The molecule has 0 saturated heterocycles. The lowest BCUT2D eigenvalue weighted by molar-refractivity contribution is 0.932. The fourth-order valence-electron chi connectivity index (χ4n) is 4.40. The number of pyridine rings is 1. The molecule has 1 aliphatic heterocycles. The molecule has 0 saturated carbocycles. The Morgan fingerprint density at radius 2 is 1.93 bits per heavy atom. The molecule has 138 valence electrons. The SMILES string of the molecule is Cc1c(CCCl)c(N2CCc3ccccc32)n2c(nc3ccccc32)c1C#N. The van der Waals surface area contributed by atoms with Gasteiger partial charge in [0.05, 0.1) is 16.6 Å². The lowest BCUT2D eigenvalue weighted by Gasteiger charge is -2.26. The van der Waals surface area contributed by atoms with E-state index in [2.05, 4.69) is 45.7 Å². The van der Waals surface area contributed by atoms with Crippen molar-refractivity contribution in [2.75, 3.05) is 17.3 Å². The van der Waals surface area contributed by atoms with Crippen LogP contribution in [0.1, 0.15) is 22.3 Å². The van der Waals surface area contributed by atoms with Crippen molar-refractivity contribution in [2.45, 2.75) is 19.8 Å². The largest absolute Gasteiger partial charge is 0.327 e. The monoisotopic (exact) mass is 386 g/mol. The van der Waals surface area contributed by atoms with Gasteiger partial charge in [0.2, 0.25) is 0 Å². The van der Waals surface area contributed by atoms with Crippen LogP contribution < -0.4 is 4.90 Å². The van der Waals surface area contributed by atoms with Crippen LogP contribution in [0.2, 0.25) is 0 Å². The molecule has 0 spiro atoms. The van der Waals surface area contributed by atoms with E-state index in [-0.39, 0.29) is 0 Å². The summed E-state index contributed by atoms with van der Waals surface area (Å²) in [4.78, 5) is 7.18. The zero-order chi connectivity index (χ0) is 19.3. The Morgan fingerprint density at radius 1 is 1.14 bits per heavy atom. The van der Waals surface area contributed by atoms with Gasteiger partial charge >= 0.3 is 0 Å². The molecule has 1 aliphatic rings. The van der Waals surface area contributed by atoms with E-state index in [0.717, 1.165) is 46.6 Å². The van der Waals surface area contributed by atoms with E-state index in [4.69, 9.17) is 16.6 Å². The average Bonchev–Trinajstić information content (AvgIpc) is 3.31. The third-order valence-corrected chi connectivity index (χ3v) is 5.88. The number of halogens is 1. The van der Waals surface area contributed by atoms with Crippen LogP contribution in [-0.2, 0) is 12.8 Å². The van der Waals surface area contributed by atoms with Gasteiger partial charge in [0, 0.05) is 18.1 Å². The summed E-state index contributed by atoms with van der Waals surface area (Å²) in [6, 6.07) is 19.0. The predicted octanol–water partition coefficient (Wildman–Crippen LogP) is 5.14. The minimum Gasteiger partial charge on any atom is -0.327 e. The van der Waals surface area contributed by atoms with Crippen LogP contribution in [-0.4, -0.2) is 21.8 Å². The number of para-hydroxylation sites is 3. The number of fused-ring (bicyclic) bond motifs is 4. The summed E-state index contributed by atoms with van der Waals surface area (Å²) >= 11 is 6.20. The van der Waals surface area contributed by atoms with Crippen LogP contribution in [0.25, 0.3) is 16.7 Å². The highest BCUT2D eigenvalue weighted by Gasteiger charge is 2.28. The second-order valence-corrected chi connectivity index (χ2v) is 7.52. The van der Waals surface area contributed by atoms with E-state index in [0.29, 0.717) is 17.9 Å². The molecule has 0 N–H and O–H groups in total. The van der Waals surface area contributed by atoms with Gasteiger partial charge in [-0.3, -0.25) is 4.40 Å². The minimum absolute atomic E-state index is 0.506. The van der Waals surface area contributed by atoms with Crippen molar-refractivity contribution in [2.24, 2.45) is 0 Å². The van der Waals surface area contributed by atoms with Crippen LogP contribution in [0.15, 0.2) is 48.5 Å². The van der Waals surface area contributed by atoms with Crippen LogP contribution in [0, 0.1) is 18.3 Å². The number of hydrogen-bond donors (Lipinski definition) is 0. The van der Waals surface area contributed by atoms with Crippen molar-refractivity contribution in [3.05, 3.63) is 70.8 Å². The second-order valence-electron chi connectivity index (χ2n) is 7.14. The van der Waals surface area contributed by atoms with Gasteiger partial charge in [-0.1, -0.05) is 30.3 Å². The molecule has 0 fully saturated rings. The lowest BCUT2D eigenvalue weighted by atomic mass is 10.0. The van der Waals surface area contributed by atoms with Crippen LogP contribution in [0.3, 0.4) is 0 Å². The number of anilines is 2. The molecule has 4 nitrogen and oxygen atoms in total. The van der Waals surface area contributed by atoms with Gasteiger partial charge < -0.3 is 4.90 Å². The van der Waals surface area contributed by atoms with E-state index in [9.17, 15) is 5.26 Å². The Kier molecular flexibility index (Phi) is 3.99. The molecule has 28 heavy (non-hydrogen) atoms. The molecule has 2 aromatic heterocycles. The fraction of sp³-hybridized carbons (Fsp3) is 0.217. The number of hydrogen-bond acceptors (Lipinski definition) is 3. The molecule has 0 radical (unpaired) electrons. The molecule has 4 aromatic rings. The minimum atomic E-state index is 0.506. The van der Waals surface area contributed by atoms with Crippen molar-refractivity contribution in [1.82, 2.24) is 9.38 Å². The highest BCUT2D eigenvalue weighted by atomic mass is 35.5. The van der Waals surface area contributed by atoms with E-state index in [1.807, 2.05) is 25.1 Å². The standard InChI is InChI=1S/C23H19ClN4/c1-15-17(10-12-24)23(27-13-11-16-6-2-4-8-20(16)27)28-21-9-5-3-7-19(21)26-22(28)18(15)14-25/h2-9H,10-13H2,1H3. The van der Waals surface area contributed by atoms with Gasteiger partial charge in [-0.15, -0.1) is 11.6 Å². The molecule has 5 rings (SSSR count). The van der Waals surface area contributed by atoms with Gasteiger partial charge in [-0.05, 0) is 54.7 Å². The summed E-state index contributed by atoms with van der Waals surface area (Å²) in [6.45, 7) is 2.92. The maximum absolute atomic E-state index is 9.90. The van der Waals surface area contributed by atoms with Crippen molar-refractivity contribution in [3.63, 3.8) is 0 Å². The van der Waals surface area contributed by atoms with Crippen molar-refractivity contribution >= 4 is 39.8 Å². The number of nitriles is 1. The summed E-state index contributed by atoms with van der Waals surface area (Å²) < 4.78 is 2.16. The normalized spacial score (nSPS) is 13.2. The molecule has 0 atom stereocenters. The Hall–Kier alpha value is -3.03. The van der Waals surface area contributed by atoms with E-state index in [1.165, 1.54) is 11.3 Å². The number of benzene rings is 2. The van der Waals surface area contributed by atoms with Crippen LogP contribution >= 0.6 is 11.6 Å². The summed E-state index contributed by atoms with van der Waals surface area (Å²) in [5.41, 5.74) is 7.94. The second kappa shape index (κ2) is 6.54. The maximum Gasteiger partial charge on any atom is 0.157 e. The summed E-state index contributed by atoms with van der Waals surface area (Å²) in [7, 11) is 0. The number of nitrogens with zero attached hydrogens (tertiary/aromatic N) is 4. The van der Waals surface area contributed by atoms with Gasteiger partial charge in [0.1, 0.15) is 11.9 Å². The first-order chi connectivity index (χ1) is 13.7. The highest BCUT2D eigenvalue weighted by Crippen LogP contribution is 2.40. The Bertz CT molecular complexity index is 1270. The van der Waals surface area contributed by atoms with Gasteiger partial charge in [-0.25, -0.2) is 4.98 Å². The van der Waals surface area contributed by atoms with Crippen LogP contribution in [0.4, 0.5) is 11.5 Å². The van der Waals surface area contributed by atoms with E-state index < -0.39 is 0 Å². The molecule has 0 aliphatic carbocycles. The summed E-state index contributed by atoms with van der Waals surface area (Å²) in [5, 5.41) is 9.90. The van der Waals surface area contributed by atoms with Crippen LogP contribution in [0.5, 0.6) is 0 Å². The lowest BCUT2D eigenvalue weighted by Crippen LogP contribution is -2.20. The van der Waals surface area contributed by atoms with Crippen molar-refractivity contribution in [1.29, 1.82) is 5.26 Å². The zero-order valence-corrected chi connectivity index (χ0v) is 16.4. The molecule has 2 aromatic carbocycles. The third kappa shape index (κ3) is 2.33. The van der Waals surface area contributed by atoms with Gasteiger partial charge in [-0.2, -0.15) is 5.26 Å². The molecule has 5 heteroatoms. The first-order valence-electron chi connectivity index (χ1n) is 9.48. The summed E-state index contributed by atoms with van der Waals surface area (Å²) in [5.74, 6) is 1.59. The van der Waals surface area contributed by atoms with Crippen molar-refractivity contribution < 1.29 is 0 Å². The first kappa shape index (κ1) is 17.1. The van der Waals surface area contributed by atoms with Gasteiger partial charge in [0.25, 0.3) is 0 Å². The zero-order valence-electron chi connectivity index (χ0n) is 15.6. The number of rotatable bonds is 3. The third-order valence-electron chi connectivity index (χ3n) is 5.69. The maximum atomic E-state index is 9.90. The number of alkyl halides is 1. The quantitative estimate of drug-likeness (QED) is 0.458. The Morgan fingerprint density at radius 3 is 2.75 bits per heavy atom. The Balaban J connectivity index is 1.95. The van der Waals surface area contributed by atoms with E-state index >= 15 is 0 Å². The van der Waals surface area contributed by atoms with Gasteiger partial charge in [0.15, 0.2) is 5.65 Å². The summed E-state index contributed by atoms with van der Waals surface area (Å²) in [6.07, 6.45) is 1.71.